The van der Waals surface area contributed by atoms with Crippen molar-refractivity contribution in [3.05, 3.63) is 202 Å². The van der Waals surface area contributed by atoms with E-state index in [0.717, 1.165) is 160 Å². The number of hydrogen-bond acceptors (Lipinski definition) is 15. The maximum Gasteiger partial charge on any atom is 0.410 e. The van der Waals surface area contributed by atoms with Gasteiger partial charge in [0.2, 0.25) is 0 Å². The van der Waals surface area contributed by atoms with Gasteiger partial charge < -0.3 is 49.5 Å². The Labute approximate surface area is 587 Å². The van der Waals surface area contributed by atoms with E-state index in [9.17, 15) is 30.0 Å². The second-order valence-electron chi connectivity index (χ2n) is 27.6. The van der Waals surface area contributed by atoms with Gasteiger partial charge in [0, 0.05) is 127 Å². The van der Waals surface area contributed by atoms with Crippen LogP contribution in [0.4, 0.5) is 33.6 Å². The average molecular weight is 1350 g/mol. The number of anilines is 5. The Hall–Kier alpha value is -9.23. The van der Waals surface area contributed by atoms with Crippen molar-refractivity contribution >= 4 is 59.2 Å². The molecule has 0 radical (unpaired) electrons. The van der Waals surface area contributed by atoms with Crippen LogP contribution in [0.5, 0.6) is 0 Å². The molecule has 5 saturated heterocycles. The molecule has 0 unspecified atom stereocenters. The van der Waals surface area contributed by atoms with E-state index in [0.29, 0.717) is 49.6 Å². The lowest BCUT2D eigenvalue weighted by Crippen LogP contribution is -2.54. The number of piperidine rings is 2. The number of piperazine rings is 3. The van der Waals surface area contributed by atoms with E-state index in [-0.39, 0.29) is 36.5 Å². The fourth-order valence-corrected chi connectivity index (χ4v) is 14.0. The first-order valence-corrected chi connectivity index (χ1v) is 34.6. The molecule has 0 spiro atoms. The zero-order valence-corrected chi connectivity index (χ0v) is 59.8. The normalized spacial score (nSPS) is 18.2. The summed E-state index contributed by atoms with van der Waals surface area (Å²) >= 11 is 0. The molecule has 2 amide bonds. The summed E-state index contributed by atoms with van der Waals surface area (Å²) in [6, 6.07) is 47.4. The van der Waals surface area contributed by atoms with Gasteiger partial charge in [-0.3, -0.25) is 4.79 Å². The lowest BCUT2D eigenvalue weighted by atomic mass is 9.86. The number of carboxylic acid groups (broad SMARTS) is 1. The molecule has 19 heteroatoms. The number of aryl methyl sites for hydroxylation is 4. The largest absolute Gasteiger partial charge is 0.478 e. The fourth-order valence-electron chi connectivity index (χ4n) is 14.0. The van der Waals surface area contributed by atoms with E-state index >= 15 is 0 Å². The summed E-state index contributed by atoms with van der Waals surface area (Å²) in [5.41, 5.74) is 11.1. The van der Waals surface area contributed by atoms with Crippen LogP contribution in [-0.2, 0) is 17.6 Å². The van der Waals surface area contributed by atoms with Crippen molar-refractivity contribution in [3.63, 3.8) is 0 Å². The summed E-state index contributed by atoms with van der Waals surface area (Å²) in [4.78, 5) is 65.7. The van der Waals surface area contributed by atoms with Crippen LogP contribution in [0.15, 0.2) is 146 Å². The van der Waals surface area contributed by atoms with Gasteiger partial charge in [-0.1, -0.05) is 54.6 Å². The molecule has 2 N–H and O–H groups in total. The van der Waals surface area contributed by atoms with Crippen LogP contribution >= 0.6 is 12.4 Å². The molecule has 12 rings (SSSR count). The van der Waals surface area contributed by atoms with Crippen molar-refractivity contribution in [2.24, 2.45) is 11.8 Å². The highest BCUT2D eigenvalue weighted by Crippen LogP contribution is 2.33. The van der Waals surface area contributed by atoms with E-state index in [4.69, 9.17) is 4.74 Å². The molecule has 0 saturated carbocycles. The standard InChI is InChI=1S/C32H37N5O.C22H24N2O2.C15H23N3O2.C10H15N3.ClH/c1-23-18-24(2)29(32(38)36-16-17-37(25(3)22-36)31-10-6-7-13-34-31)20-28(23)19-26-11-14-35(15-12-26)30-9-5-4-8-27(30)21-33;1-15-11-16(2)20(22(25)26)13-19(15)12-17-7-9-24(10-8-17)21-6-4-3-5-18(21)14-23;1-12-11-17(14(19)20-15(2,3)4)9-10-18(12)13-7-5-6-8-16-13;1-9-8-11-6-7-13(9)10-4-2-3-5-12-10;/h4-10,13,18,20,25-26H,11-12,14-17,19,22H2,1-3H3;3-6,11,13,17H,7-10,12H2,1-2H3,(H,25,26);5-8,12H,9-11H2,1-4H3;2-5,9,11H,6-8H2,1H3;1H/t25-;;12-;9-;/m1.11./s1. The van der Waals surface area contributed by atoms with Gasteiger partial charge in [-0.25, -0.2) is 24.5 Å². The van der Waals surface area contributed by atoms with Crippen LogP contribution in [0, 0.1) is 62.2 Å². The molecule has 3 aromatic heterocycles. The molecule has 8 heterocycles. The van der Waals surface area contributed by atoms with Crippen LogP contribution in [-0.4, -0.2) is 157 Å². The zero-order valence-electron chi connectivity index (χ0n) is 59.0. The molecule has 3 atom stereocenters. The minimum Gasteiger partial charge on any atom is -0.478 e. The van der Waals surface area contributed by atoms with Crippen LogP contribution in [0.2, 0.25) is 0 Å². The molecule has 0 aliphatic carbocycles. The molecular formula is C79H100ClN13O5. The second kappa shape index (κ2) is 35.3. The molecule has 5 aliphatic heterocycles. The van der Waals surface area contributed by atoms with Crippen molar-refractivity contribution in [1.29, 1.82) is 10.5 Å². The number of rotatable bonds is 11. The Morgan fingerprint density at radius 3 is 1.35 bits per heavy atom. The van der Waals surface area contributed by atoms with Crippen molar-refractivity contribution in [2.75, 3.05) is 110 Å². The van der Waals surface area contributed by atoms with Crippen LogP contribution in [0.1, 0.15) is 132 Å². The third-order valence-electron chi connectivity index (χ3n) is 19.3. The Bertz CT molecular complexity index is 3830. The van der Waals surface area contributed by atoms with Gasteiger partial charge in [-0.15, -0.1) is 12.4 Å². The van der Waals surface area contributed by atoms with Gasteiger partial charge in [0.05, 0.1) is 28.1 Å². The number of aromatic nitrogens is 3. The molecule has 18 nitrogen and oxygen atoms in total. The van der Waals surface area contributed by atoms with Crippen LogP contribution in [0.25, 0.3) is 0 Å². The maximum atomic E-state index is 13.7. The Morgan fingerprint density at radius 2 is 0.939 bits per heavy atom. The number of benzene rings is 4. The summed E-state index contributed by atoms with van der Waals surface area (Å²) in [5.74, 6) is 3.43. The van der Waals surface area contributed by atoms with Crippen LogP contribution < -0.4 is 29.8 Å². The number of para-hydroxylation sites is 2. The molecule has 5 aliphatic rings. The molecule has 7 aromatic rings. The number of ether oxygens (including phenoxy) is 1. The molecule has 0 bridgehead atoms. The number of aromatic carboxylic acids is 1. The lowest BCUT2D eigenvalue weighted by Gasteiger charge is -2.40. The minimum absolute atomic E-state index is 0. The summed E-state index contributed by atoms with van der Waals surface area (Å²) in [6.07, 6.45) is 11.4. The van der Waals surface area contributed by atoms with Crippen LogP contribution in [0.3, 0.4) is 0 Å². The van der Waals surface area contributed by atoms with Gasteiger partial charge in [-0.05, 0) is 226 Å². The number of carbonyl (C=O) groups is 3. The number of amides is 2. The third kappa shape index (κ3) is 20.0. The topological polar surface area (TPSA) is 202 Å². The van der Waals surface area contributed by atoms with Gasteiger partial charge in [0.15, 0.2) is 0 Å². The summed E-state index contributed by atoms with van der Waals surface area (Å²) in [5, 5.41) is 31.5. The third-order valence-corrected chi connectivity index (χ3v) is 19.3. The number of carboxylic acids is 1. The minimum atomic E-state index is -0.855. The van der Waals surface area contributed by atoms with Crippen molar-refractivity contribution in [1.82, 2.24) is 30.1 Å². The monoisotopic (exact) mass is 1350 g/mol. The van der Waals surface area contributed by atoms with E-state index < -0.39 is 11.6 Å². The number of pyridine rings is 3. The number of nitriles is 2. The highest BCUT2D eigenvalue weighted by molar-refractivity contribution is 5.96. The van der Waals surface area contributed by atoms with Crippen molar-refractivity contribution in [3.8, 4) is 12.1 Å². The predicted molar refractivity (Wildman–Crippen MR) is 395 cm³/mol. The maximum absolute atomic E-state index is 13.7. The Kier molecular flexibility index (Phi) is 26.9. The smallest absolute Gasteiger partial charge is 0.410 e. The molecular weight excluding hydrogens is 1250 g/mol. The first-order chi connectivity index (χ1) is 46.7. The fraction of sp³-hybridized carbons (Fsp3) is 0.443. The molecule has 98 heavy (non-hydrogen) atoms. The SMILES string of the molecule is C[C@@H]1CN(C(=O)OC(C)(C)C)CCN1c1ccccn1.C[C@@H]1CNCCN1c1ccccn1.Cc1cc(C)c(C(=O)N2CCN(c3ccccn3)[C@H](C)C2)cc1CC1CCN(c2ccccc2C#N)CC1.Cc1cc(C)c(C(=O)O)cc1CC1CCN(c2ccccc2C#N)CC1.Cl. The van der Waals surface area contributed by atoms with Gasteiger partial charge in [0.1, 0.15) is 35.2 Å². The number of carbonyl (C=O) groups excluding carboxylic acids is 2. The number of halogens is 1. The van der Waals surface area contributed by atoms with E-state index in [2.05, 4.69) is 123 Å². The quantitative estimate of drug-likeness (QED) is 0.124. The lowest BCUT2D eigenvalue weighted by molar-refractivity contribution is 0.0218. The van der Waals surface area contributed by atoms with Crippen molar-refractivity contribution < 1.29 is 24.2 Å². The second-order valence-corrected chi connectivity index (χ2v) is 27.6. The summed E-state index contributed by atoms with van der Waals surface area (Å²) in [6.45, 7) is 31.5. The zero-order chi connectivity index (χ0) is 69.2. The number of nitrogens with zero attached hydrogens (tertiary/aromatic N) is 12. The highest BCUT2D eigenvalue weighted by atomic mass is 35.5. The molecule has 5 fully saturated rings. The highest BCUT2D eigenvalue weighted by Gasteiger charge is 2.33. The Morgan fingerprint density at radius 1 is 0.531 bits per heavy atom. The summed E-state index contributed by atoms with van der Waals surface area (Å²) < 4.78 is 5.42. The Balaban J connectivity index is 0.000000178. The number of nitrogens with one attached hydrogen (secondary N) is 1. The van der Waals surface area contributed by atoms with Gasteiger partial charge in [0.25, 0.3) is 5.91 Å². The van der Waals surface area contributed by atoms with Gasteiger partial charge >= 0.3 is 12.1 Å². The first-order valence-electron chi connectivity index (χ1n) is 34.6. The molecule has 518 valence electrons. The number of hydrogen-bond donors (Lipinski definition) is 2. The van der Waals surface area contributed by atoms with E-state index in [1.165, 1.54) is 16.7 Å². The average Bonchev–Trinajstić information content (AvgIpc) is 0.812. The molecule has 4 aromatic carbocycles. The van der Waals surface area contributed by atoms with E-state index in [1.54, 1.807) is 11.1 Å². The first kappa shape index (κ1) is 74.6. The van der Waals surface area contributed by atoms with Crippen molar-refractivity contribution in [2.45, 2.75) is 131 Å². The summed E-state index contributed by atoms with van der Waals surface area (Å²) in [7, 11) is 0. The van der Waals surface area contributed by atoms with Gasteiger partial charge in [-0.2, -0.15) is 10.5 Å². The predicted octanol–water partition coefficient (Wildman–Crippen LogP) is 13.5. The van der Waals surface area contributed by atoms with E-state index in [1.807, 2.05) is 148 Å².